The molecule has 0 unspecified atom stereocenters. The summed E-state index contributed by atoms with van der Waals surface area (Å²) >= 11 is 0. The minimum absolute atomic E-state index is 0.279. The lowest BCUT2D eigenvalue weighted by Gasteiger charge is -2.13. The van der Waals surface area contributed by atoms with Crippen LogP contribution in [0.15, 0.2) is 27.1 Å². The Bertz CT molecular complexity index is 416. The Morgan fingerprint density at radius 2 is 2.25 bits per heavy atom. The summed E-state index contributed by atoms with van der Waals surface area (Å²) in [5, 5.41) is 5.09. The molecule has 0 atom stereocenters. The Morgan fingerprint density at radius 1 is 1.50 bits per heavy atom. The van der Waals surface area contributed by atoms with Gasteiger partial charge in [0.25, 0.3) is 0 Å². The molecule has 0 aromatic rings. The molecule has 0 radical (unpaired) electrons. The van der Waals surface area contributed by atoms with Crippen molar-refractivity contribution < 1.29 is 8.42 Å². The summed E-state index contributed by atoms with van der Waals surface area (Å²) in [7, 11) is -3.21. The van der Waals surface area contributed by atoms with Gasteiger partial charge in [-0.05, 0) is 0 Å². The molecular formula is C6H7N3O2S. The van der Waals surface area contributed by atoms with E-state index < -0.39 is 9.84 Å². The average Bonchev–Trinajstić information content (AvgIpc) is 2.25. The third kappa shape index (κ3) is 1.00. The Hall–Kier alpha value is -1.30. The van der Waals surface area contributed by atoms with Crippen molar-refractivity contribution in [2.24, 2.45) is 10.7 Å². The van der Waals surface area contributed by atoms with Crippen LogP contribution in [0.25, 0.3) is 0 Å². The quantitative estimate of drug-likeness (QED) is 0.510. The molecule has 6 heteroatoms. The van der Waals surface area contributed by atoms with Crippen molar-refractivity contribution in [1.29, 1.82) is 0 Å². The number of rotatable bonds is 0. The van der Waals surface area contributed by atoms with Crippen LogP contribution in [-0.4, -0.2) is 20.9 Å². The third-order valence-electron chi connectivity index (χ3n) is 1.65. The lowest BCUT2D eigenvalue weighted by atomic mass is 10.2. The fourth-order valence-corrected chi connectivity index (χ4v) is 2.30. The van der Waals surface area contributed by atoms with E-state index in [1.54, 1.807) is 0 Å². The van der Waals surface area contributed by atoms with E-state index in [-0.39, 0.29) is 5.84 Å². The first-order valence-corrected chi connectivity index (χ1v) is 4.92. The van der Waals surface area contributed by atoms with Gasteiger partial charge in [-0.25, -0.2) is 13.4 Å². The Balaban J connectivity index is 2.61. The Morgan fingerprint density at radius 3 is 2.92 bits per heavy atom. The standard InChI is InChI=1S/C6H7N3O2S/c7-6-4-1-12(10,11)2-5(4)8-3-9-6/h1-2,8H,3H2,(H2,7,9). The van der Waals surface area contributed by atoms with Crippen molar-refractivity contribution >= 4 is 15.7 Å². The average molecular weight is 185 g/mol. The van der Waals surface area contributed by atoms with Crippen LogP contribution >= 0.6 is 0 Å². The largest absolute Gasteiger partial charge is 0.383 e. The molecule has 0 fully saturated rings. The number of amidine groups is 1. The van der Waals surface area contributed by atoms with Gasteiger partial charge in [-0.1, -0.05) is 0 Å². The van der Waals surface area contributed by atoms with Gasteiger partial charge in [-0.3, -0.25) is 0 Å². The van der Waals surface area contributed by atoms with Crippen LogP contribution in [0.1, 0.15) is 0 Å². The Kier molecular flexibility index (Phi) is 1.29. The highest BCUT2D eigenvalue weighted by Crippen LogP contribution is 2.21. The fraction of sp³-hybridized carbons (Fsp3) is 0.167. The molecule has 64 valence electrons. The second-order valence-electron chi connectivity index (χ2n) is 2.53. The molecule has 3 N–H and O–H groups in total. The molecule has 2 rings (SSSR count). The number of hydrogen-bond donors (Lipinski definition) is 2. The highest BCUT2D eigenvalue weighted by atomic mass is 32.2. The number of fused-ring (bicyclic) bond motifs is 1. The van der Waals surface area contributed by atoms with Crippen molar-refractivity contribution in [2.75, 3.05) is 6.67 Å². The molecule has 0 aromatic carbocycles. The molecule has 0 aliphatic carbocycles. The number of sulfone groups is 1. The van der Waals surface area contributed by atoms with Crippen molar-refractivity contribution in [1.82, 2.24) is 5.32 Å². The normalized spacial score (nSPS) is 24.8. The minimum atomic E-state index is -3.21. The molecule has 0 saturated heterocycles. The fourth-order valence-electron chi connectivity index (χ4n) is 1.12. The lowest BCUT2D eigenvalue weighted by Crippen LogP contribution is -2.29. The van der Waals surface area contributed by atoms with Gasteiger partial charge in [0.1, 0.15) is 12.5 Å². The maximum atomic E-state index is 11.0. The van der Waals surface area contributed by atoms with Gasteiger partial charge in [0.2, 0.25) is 0 Å². The molecule has 2 aliphatic heterocycles. The smallest absolute Gasteiger partial charge is 0.195 e. The number of aliphatic imine (C=N–C) groups is 1. The summed E-state index contributed by atoms with van der Waals surface area (Å²) in [6.45, 7) is 0.338. The van der Waals surface area contributed by atoms with Gasteiger partial charge >= 0.3 is 0 Å². The monoisotopic (exact) mass is 185 g/mol. The summed E-state index contributed by atoms with van der Waals surface area (Å²) in [4.78, 5) is 3.85. The summed E-state index contributed by atoms with van der Waals surface area (Å²) in [5.41, 5.74) is 6.49. The van der Waals surface area contributed by atoms with Crippen LogP contribution < -0.4 is 11.1 Å². The first kappa shape index (κ1) is 7.35. The molecule has 0 spiro atoms. The summed E-state index contributed by atoms with van der Waals surface area (Å²) in [6.07, 6.45) is 0. The van der Waals surface area contributed by atoms with Crippen molar-refractivity contribution in [3.63, 3.8) is 0 Å². The minimum Gasteiger partial charge on any atom is -0.383 e. The SMILES string of the molecule is NC1=NCNC2=CS(=O)(=O)C=C21. The molecule has 0 bridgehead atoms. The van der Waals surface area contributed by atoms with Crippen LogP contribution in [0.5, 0.6) is 0 Å². The van der Waals surface area contributed by atoms with Crippen LogP contribution in [-0.2, 0) is 9.84 Å². The number of nitrogens with one attached hydrogen (secondary N) is 1. The van der Waals surface area contributed by atoms with E-state index in [2.05, 4.69) is 10.3 Å². The molecule has 0 saturated carbocycles. The topological polar surface area (TPSA) is 84.5 Å². The second kappa shape index (κ2) is 2.10. The molecule has 5 nitrogen and oxygen atoms in total. The van der Waals surface area contributed by atoms with Crippen LogP contribution in [0.2, 0.25) is 0 Å². The first-order valence-electron chi connectivity index (χ1n) is 3.31. The maximum Gasteiger partial charge on any atom is 0.195 e. The molecule has 0 aromatic heterocycles. The highest BCUT2D eigenvalue weighted by Gasteiger charge is 2.24. The number of nitrogens with zero attached hydrogens (tertiary/aromatic N) is 1. The van der Waals surface area contributed by atoms with Crippen molar-refractivity contribution in [2.45, 2.75) is 0 Å². The zero-order valence-corrected chi connectivity index (χ0v) is 6.93. The van der Waals surface area contributed by atoms with Gasteiger partial charge in [-0.2, -0.15) is 0 Å². The maximum absolute atomic E-state index is 11.0. The second-order valence-corrected chi connectivity index (χ2v) is 4.18. The molecular weight excluding hydrogens is 178 g/mol. The first-order chi connectivity index (χ1) is 5.58. The molecule has 2 heterocycles. The number of hydrogen-bond acceptors (Lipinski definition) is 5. The lowest BCUT2D eigenvalue weighted by molar-refractivity contribution is 0.613. The van der Waals surface area contributed by atoms with Crippen LogP contribution in [0.4, 0.5) is 0 Å². The van der Waals surface area contributed by atoms with Crippen LogP contribution in [0, 0.1) is 0 Å². The van der Waals surface area contributed by atoms with Gasteiger partial charge < -0.3 is 11.1 Å². The number of nitrogens with two attached hydrogens (primary N) is 1. The zero-order valence-electron chi connectivity index (χ0n) is 6.11. The van der Waals surface area contributed by atoms with E-state index >= 15 is 0 Å². The van der Waals surface area contributed by atoms with E-state index in [4.69, 9.17) is 5.73 Å². The third-order valence-corrected chi connectivity index (χ3v) is 2.78. The van der Waals surface area contributed by atoms with E-state index in [0.29, 0.717) is 17.9 Å². The zero-order chi connectivity index (χ0) is 8.77. The van der Waals surface area contributed by atoms with Gasteiger partial charge in [0.15, 0.2) is 9.84 Å². The van der Waals surface area contributed by atoms with E-state index in [0.717, 1.165) is 10.8 Å². The van der Waals surface area contributed by atoms with E-state index in [1.165, 1.54) is 0 Å². The Labute approximate surface area is 69.6 Å². The molecule has 0 amide bonds. The van der Waals surface area contributed by atoms with Gasteiger partial charge in [-0.15, -0.1) is 0 Å². The molecule has 2 aliphatic rings. The summed E-state index contributed by atoms with van der Waals surface area (Å²) in [6, 6.07) is 0. The van der Waals surface area contributed by atoms with Crippen LogP contribution in [0.3, 0.4) is 0 Å². The van der Waals surface area contributed by atoms with E-state index in [1.807, 2.05) is 0 Å². The predicted octanol–water partition coefficient (Wildman–Crippen LogP) is -0.942. The highest BCUT2D eigenvalue weighted by molar-refractivity contribution is 7.97. The molecule has 12 heavy (non-hydrogen) atoms. The van der Waals surface area contributed by atoms with Crippen molar-refractivity contribution in [3.8, 4) is 0 Å². The van der Waals surface area contributed by atoms with E-state index in [9.17, 15) is 8.42 Å². The predicted molar refractivity (Wildman–Crippen MR) is 44.7 cm³/mol. The van der Waals surface area contributed by atoms with Gasteiger partial charge in [0, 0.05) is 5.41 Å². The summed E-state index contributed by atoms with van der Waals surface area (Å²) < 4.78 is 22.1. The summed E-state index contributed by atoms with van der Waals surface area (Å²) in [5.74, 6) is 0.279. The van der Waals surface area contributed by atoms with Crippen molar-refractivity contribution in [3.05, 3.63) is 22.1 Å². The van der Waals surface area contributed by atoms with Gasteiger partial charge in [0.05, 0.1) is 16.7 Å².